The normalized spacial score (nSPS) is 19.4. The first-order chi connectivity index (χ1) is 35.8. The minimum absolute atomic E-state index is 0.137. The summed E-state index contributed by atoms with van der Waals surface area (Å²) in [6.45, 7) is 3.76. The Morgan fingerprint density at radius 3 is 1.26 bits per heavy atom. The minimum Gasteiger partial charge on any atom is -0.394 e. The lowest BCUT2D eigenvalue weighted by Crippen LogP contribution is -2.60. The molecule has 0 spiro atoms. The number of hydrogen-bond donors (Lipinski definition) is 6. The number of aliphatic hydroxyl groups excluding tert-OH is 5. The molecule has 7 unspecified atom stereocenters. The van der Waals surface area contributed by atoms with Crippen LogP contribution in [0.2, 0.25) is 0 Å². The van der Waals surface area contributed by atoms with Gasteiger partial charge in [0, 0.05) is 6.42 Å². The number of carbonyl (C=O) groups is 1. The van der Waals surface area contributed by atoms with Crippen molar-refractivity contribution < 1.29 is 39.8 Å². The summed E-state index contributed by atoms with van der Waals surface area (Å²) < 4.78 is 11.3. The van der Waals surface area contributed by atoms with Gasteiger partial charge < -0.3 is 40.3 Å². The fourth-order valence-electron chi connectivity index (χ4n) is 10.0. The fraction of sp³-hybridized carbons (Fsp3) is 0.859. The van der Waals surface area contributed by atoms with E-state index in [1.165, 1.54) is 205 Å². The van der Waals surface area contributed by atoms with E-state index in [9.17, 15) is 30.3 Å². The Morgan fingerprint density at radius 2 is 0.849 bits per heavy atom. The zero-order valence-corrected chi connectivity index (χ0v) is 47.6. The molecule has 1 aliphatic heterocycles. The number of ether oxygens (including phenoxy) is 2. The van der Waals surface area contributed by atoms with Crippen LogP contribution in [0.4, 0.5) is 0 Å². The predicted octanol–water partition coefficient (Wildman–Crippen LogP) is 16.1. The monoisotopic (exact) mass is 1030 g/mol. The van der Waals surface area contributed by atoms with E-state index >= 15 is 0 Å². The fourth-order valence-corrected chi connectivity index (χ4v) is 10.0. The van der Waals surface area contributed by atoms with Crippen molar-refractivity contribution in [3.63, 3.8) is 0 Å². The van der Waals surface area contributed by atoms with Crippen LogP contribution in [0.1, 0.15) is 296 Å². The van der Waals surface area contributed by atoms with Crippen molar-refractivity contribution in [3.05, 3.63) is 48.6 Å². The van der Waals surface area contributed by atoms with Crippen molar-refractivity contribution in [2.75, 3.05) is 13.2 Å². The van der Waals surface area contributed by atoms with E-state index in [-0.39, 0.29) is 12.5 Å². The molecule has 428 valence electrons. The summed E-state index contributed by atoms with van der Waals surface area (Å²) in [5.41, 5.74) is 0. The molecule has 0 aromatic carbocycles. The third kappa shape index (κ3) is 42.9. The summed E-state index contributed by atoms with van der Waals surface area (Å²) in [6.07, 6.45) is 64.3. The highest BCUT2D eigenvalue weighted by Crippen LogP contribution is 2.23. The number of hydrogen-bond acceptors (Lipinski definition) is 8. The largest absolute Gasteiger partial charge is 0.394 e. The van der Waals surface area contributed by atoms with Crippen molar-refractivity contribution in [2.24, 2.45) is 0 Å². The molecule has 0 radical (unpaired) electrons. The Morgan fingerprint density at radius 1 is 0.479 bits per heavy atom. The standard InChI is InChI=1S/C64H119NO8/c1-3-5-7-9-11-13-15-17-19-21-23-25-27-28-29-30-32-34-36-38-40-42-44-46-48-50-52-54-60(68)65-57(56-72-64-63(71)62(70)61(69)59(55-66)73-64)58(67)53-51-49-47-45-43-41-39-37-35-33-31-26-24-22-20-18-16-14-12-10-8-6-4-2/h5,7,11,13,17,19,23,25,57-59,61-64,66-67,69-71H,3-4,6,8-10,12,14-16,18,20-22,24,26-56H2,1-2H3,(H,65,68)/b7-5-,13-11-,19-17-,25-23-. The Bertz CT molecular complexity index is 1290. The van der Waals surface area contributed by atoms with Gasteiger partial charge in [-0.3, -0.25) is 4.79 Å². The van der Waals surface area contributed by atoms with Crippen LogP contribution in [0.5, 0.6) is 0 Å². The highest BCUT2D eigenvalue weighted by atomic mass is 16.7. The lowest BCUT2D eigenvalue weighted by Gasteiger charge is -2.40. The van der Waals surface area contributed by atoms with E-state index in [1.807, 2.05) is 0 Å². The number of carbonyl (C=O) groups excluding carboxylic acids is 1. The maximum absolute atomic E-state index is 13.1. The molecule has 0 aromatic rings. The van der Waals surface area contributed by atoms with Crippen LogP contribution in [0, 0.1) is 0 Å². The van der Waals surface area contributed by atoms with E-state index in [0.29, 0.717) is 12.8 Å². The van der Waals surface area contributed by atoms with Gasteiger partial charge in [0.15, 0.2) is 6.29 Å². The van der Waals surface area contributed by atoms with Crippen LogP contribution >= 0.6 is 0 Å². The molecule has 73 heavy (non-hydrogen) atoms. The second kappa shape index (κ2) is 53.5. The minimum atomic E-state index is -1.55. The van der Waals surface area contributed by atoms with Gasteiger partial charge in [0.05, 0.1) is 25.4 Å². The number of nitrogens with one attached hydrogen (secondary N) is 1. The van der Waals surface area contributed by atoms with Gasteiger partial charge in [0.25, 0.3) is 0 Å². The summed E-state index contributed by atoms with van der Waals surface area (Å²) in [7, 11) is 0. The molecule has 0 aromatic heterocycles. The molecule has 1 rings (SSSR count). The SMILES string of the molecule is CC/C=C\C/C=C\C/C=C\C/C=C\CCCCCCCCCCCCCCCCC(=O)NC(COC1OC(CO)C(O)C(O)C1O)C(O)CCCCCCCCCCCCCCCCCCCCCCCCC. The van der Waals surface area contributed by atoms with E-state index in [0.717, 1.165) is 64.2 Å². The Kier molecular flexibility index (Phi) is 50.7. The van der Waals surface area contributed by atoms with Crippen LogP contribution in [0.3, 0.4) is 0 Å². The quantitative estimate of drug-likeness (QED) is 0.0261. The number of allylic oxidation sites excluding steroid dienone is 8. The third-order valence-electron chi connectivity index (χ3n) is 14.9. The van der Waals surface area contributed by atoms with Gasteiger partial charge in [-0.1, -0.05) is 287 Å². The lowest BCUT2D eigenvalue weighted by molar-refractivity contribution is -0.302. The van der Waals surface area contributed by atoms with Gasteiger partial charge in [-0.2, -0.15) is 0 Å². The van der Waals surface area contributed by atoms with Gasteiger partial charge in [-0.15, -0.1) is 0 Å². The van der Waals surface area contributed by atoms with Crippen molar-refractivity contribution >= 4 is 5.91 Å². The van der Waals surface area contributed by atoms with Gasteiger partial charge in [0.2, 0.25) is 5.91 Å². The van der Waals surface area contributed by atoms with Crippen LogP contribution < -0.4 is 5.32 Å². The molecular weight excluding hydrogens is 911 g/mol. The molecule has 9 heteroatoms. The smallest absolute Gasteiger partial charge is 0.220 e. The van der Waals surface area contributed by atoms with Crippen LogP contribution in [-0.2, 0) is 14.3 Å². The average Bonchev–Trinajstić information content (AvgIpc) is 3.39. The molecule has 0 aliphatic carbocycles. The van der Waals surface area contributed by atoms with Gasteiger partial charge in [0.1, 0.15) is 24.4 Å². The van der Waals surface area contributed by atoms with Crippen molar-refractivity contribution in [2.45, 2.75) is 339 Å². The summed E-state index contributed by atoms with van der Waals surface area (Å²) in [4.78, 5) is 13.1. The summed E-state index contributed by atoms with van der Waals surface area (Å²) >= 11 is 0. The highest BCUT2D eigenvalue weighted by Gasteiger charge is 2.44. The Balaban J connectivity index is 2.16. The summed E-state index contributed by atoms with van der Waals surface area (Å²) in [5.74, 6) is -0.142. The van der Waals surface area contributed by atoms with Crippen LogP contribution in [-0.4, -0.2) is 87.5 Å². The first-order valence-corrected chi connectivity index (χ1v) is 31.3. The van der Waals surface area contributed by atoms with Crippen LogP contribution in [0.15, 0.2) is 48.6 Å². The third-order valence-corrected chi connectivity index (χ3v) is 14.9. The molecule has 0 saturated carbocycles. The zero-order valence-electron chi connectivity index (χ0n) is 47.6. The maximum atomic E-state index is 13.1. The van der Waals surface area contributed by atoms with Gasteiger partial charge >= 0.3 is 0 Å². The molecule has 7 atom stereocenters. The molecule has 1 heterocycles. The van der Waals surface area contributed by atoms with Crippen molar-refractivity contribution in [1.29, 1.82) is 0 Å². The number of unbranched alkanes of at least 4 members (excludes halogenated alkanes) is 36. The zero-order chi connectivity index (χ0) is 52.9. The number of amides is 1. The molecule has 9 nitrogen and oxygen atoms in total. The van der Waals surface area contributed by atoms with Crippen molar-refractivity contribution in [3.8, 4) is 0 Å². The second-order valence-corrected chi connectivity index (χ2v) is 21.8. The Labute approximate surface area is 450 Å². The predicted molar refractivity (Wildman–Crippen MR) is 309 cm³/mol. The topological polar surface area (TPSA) is 149 Å². The summed E-state index contributed by atoms with van der Waals surface area (Å²) in [6, 6.07) is -0.721. The second-order valence-electron chi connectivity index (χ2n) is 21.8. The molecule has 1 amide bonds. The number of rotatable bonds is 54. The average molecular weight is 1030 g/mol. The first-order valence-electron chi connectivity index (χ1n) is 31.3. The maximum Gasteiger partial charge on any atom is 0.220 e. The molecular formula is C64H119NO8. The molecule has 1 fully saturated rings. The number of aliphatic hydroxyl groups is 5. The van der Waals surface area contributed by atoms with E-state index < -0.39 is 49.5 Å². The first kappa shape index (κ1) is 69.2. The lowest BCUT2D eigenvalue weighted by atomic mass is 9.99. The van der Waals surface area contributed by atoms with E-state index in [4.69, 9.17) is 9.47 Å². The highest BCUT2D eigenvalue weighted by molar-refractivity contribution is 5.76. The molecule has 1 saturated heterocycles. The molecule has 6 N–H and O–H groups in total. The van der Waals surface area contributed by atoms with E-state index in [2.05, 4.69) is 67.8 Å². The van der Waals surface area contributed by atoms with Gasteiger partial charge in [-0.25, -0.2) is 0 Å². The molecule has 1 aliphatic rings. The summed E-state index contributed by atoms with van der Waals surface area (Å²) in [5, 5.41) is 54.8. The van der Waals surface area contributed by atoms with E-state index in [1.54, 1.807) is 0 Å². The molecule has 0 bridgehead atoms. The van der Waals surface area contributed by atoms with Gasteiger partial charge in [-0.05, 0) is 51.4 Å². The van der Waals surface area contributed by atoms with Crippen LogP contribution in [0.25, 0.3) is 0 Å². The van der Waals surface area contributed by atoms with Crippen molar-refractivity contribution in [1.82, 2.24) is 5.32 Å². The Hall–Kier alpha value is -1.85.